The fraction of sp³-hybridized carbons (Fsp3) is 0.0256. The summed E-state index contributed by atoms with van der Waals surface area (Å²) < 4.78 is 5.18. The second kappa shape index (κ2) is 15.8. The summed E-state index contributed by atoms with van der Waals surface area (Å²) >= 11 is 1.89. The standard InChI is InChI=1S/C78H46N2S/c1-2-18-52-47(17-1)37-44-67-74(52)62-23-5-10-29-65(62)77(67)63-27-8-3-19-54(63)56-42-40-50(45-69(56)77)79(49-38-35-48(36-39-49)53-24-15-26-61-59-22-7-14-34-73(59)81-76(53)61)51-41-43-57-55-20-4-9-28-64(55)78(70(57)46-51)66-30-11-13-33-72(66)80-71-32-12-6-21-58(71)60-25-16-31-68(78)75(60)80/h1-46H. The number of anilines is 3. The highest BCUT2D eigenvalue weighted by Gasteiger charge is 2.53. The third kappa shape index (κ3) is 5.43. The Balaban J connectivity index is 0.880. The maximum Gasteiger partial charge on any atom is 0.0755 e. The molecule has 2 aromatic heterocycles. The van der Waals surface area contributed by atoms with Gasteiger partial charge in [-0.05, 0) is 154 Å². The molecule has 0 saturated heterocycles. The lowest BCUT2D eigenvalue weighted by molar-refractivity contribution is 0.748. The minimum atomic E-state index is -0.607. The van der Waals surface area contributed by atoms with E-state index < -0.39 is 10.8 Å². The van der Waals surface area contributed by atoms with Crippen molar-refractivity contribution in [2.45, 2.75) is 10.8 Å². The summed E-state index contributed by atoms with van der Waals surface area (Å²) in [7, 11) is 0. The average Bonchev–Trinajstić information content (AvgIpc) is 4.29. The Labute approximate surface area is 472 Å². The Morgan fingerprint density at radius 2 is 0.827 bits per heavy atom. The lowest BCUT2D eigenvalue weighted by atomic mass is 9.65. The second-order valence-electron chi connectivity index (χ2n) is 22.5. The molecule has 81 heavy (non-hydrogen) atoms. The number of nitrogens with zero attached hydrogens (tertiary/aromatic N) is 2. The first-order valence-electron chi connectivity index (χ1n) is 28.2. The predicted octanol–water partition coefficient (Wildman–Crippen LogP) is 20.5. The molecule has 0 saturated carbocycles. The van der Waals surface area contributed by atoms with Crippen molar-refractivity contribution < 1.29 is 0 Å². The third-order valence-electron chi connectivity index (χ3n) is 19.0. The maximum atomic E-state index is 2.55. The molecule has 3 heteroatoms. The molecule has 13 aromatic carbocycles. The molecule has 2 nitrogen and oxygen atoms in total. The number of rotatable bonds is 4. The molecule has 19 rings (SSSR count). The number of thiophene rings is 1. The van der Waals surface area contributed by atoms with Crippen LogP contribution < -0.4 is 4.90 Å². The highest BCUT2D eigenvalue weighted by atomic mass is 32.1. The second-order valence-corrected chi connectivity index (χ2v) is 23.6. The van der Waals surface area contributed by atoms with Gasteiger partial charge in [0.15, 0.2) is 0 Å². The van der Waals surface area contributed by atoms with Crippen molar-refractivity contribution in [3.05, 3.63) is 324 Å². The molecule has 0 bridgehead atoms. The zero-order valence-electron chi connectivity index (χ0n) is 43.9. The van der Waals surface area contributed by atoms with Gasteiger partial charge in [0.05, 0.1) is 27.6 Å². The molecule has 2 spiro atoms. The van der Waals surface area contributed by atoms with Gasteiger partial charge in [0, 0.05) is 48.0 Å². The fourth-order valence-corrected chi connectivity index (χ4v) is 17.2. The predicted molar refractivity (Wildman–Crippen MR) is 338 cm³/mol. The summed E-state index contributed by atoms with van der Waals surface area (Å²) in [5.41, 5.74) is 26.7. The van der Waals surface area contributed by atoms with E-state index in [1.807, 2.05) is 11.3 Å². The molecule has 0 amide bonds. The van der Waals surface area contributed by atoms with Crippen molar-refractivity contribution in [3.8, 4) is 50.2 Å². The minimum absolute atomic E-state index is 0.539. The van der Waals surface area contributed by atoms with Crippen LogP contribution in [-0.2, 0) is 10.8 Å². The van der Waals surface area contributed by atoms with E-state index in [0.29, 0.717) is 0 Å². The third-order valence-corrected chi connectivity index (χ3v) is 20.2. The van der Waals surface area contributed by atoms with Crippen molar-refractivity contribution in [3.63, 3.8) is 0 Å². The van der Waals surface area contributed by atoms with E-state index in [-0.39, 0.29) is 0 Å². The Hall–Kier alpha value is -10.1. The number of fused-ring (bicyclic) bond motifs is 27. The molecular formula is C78H46N2S. The van der Waals surface area contributed by atoms with Crippen molar-refractivity contribution in [2.24, 2.45) is 0 Å². The van der Waals surface area contributed by atoms with Crippen LogP contribution in [0.2, 0.25) is 0 Å². The quantitative estimate of drug-likeness (QED) is 0.171. The molecule has 374 valence electrons. The largest absolute Gasteiger partial charge is 0.310 e. The molecule has 1 aliphatic heterocycles. The highest BCUT2D eigenvalue weighted by molar-refractivity contribution is 7.26. The molecule has 0 N–H and O–H groups in total. The Morgan fingerprint density at radius 3 is 1.58 bits per heavy atom. The van der Waals surface area contributed by atoms with E-state index in [1.165, 1.54) is 147 Å². The minimum Gasteiger partial charge on any atom is -0.310 e. The van der Waals surface area contributed by atoms with Crippen LogP contribution in [0.1, 0.15) is 44.5 Å². The first kappa shape index (κ1) is 43.9. The molecule has 0 radical (unpaired) electrons. The monoisotopic (exact) mass is 1040 g/mol. The van der Waals surface area contributed by atoms with Crippen molar-refractivity contribution in [2.75, 3.05) is 4.90 Å². The van der Waals surface area contributed by atoms with Gasteiger partial charge in [-0.3, -0.25) is 0 Å². The van der Waals surface area contributed by atoms with Crippen molar-refractivity contribution in [1.82, 2.24) is 4.57 Å². The first-order chi connectivity index (χ1) is 40.2. The molecule has 3 aliphatic carbocycles. The van der Waals surface area contributed by atoms with Gasteiger partial charge in [0.1, 0.15) is 0 Å². The Kier molecular flexibility index (Phi) is 8.57. The Bertz CT molecular complexity index is 5270. The van der Waals surface area contributed by atoms with Gasteiger partial charge < -0.3 is 9.47 Å². The van der Waals surface area contributed by atoms with E-state index >= 15 is 0 Å². The molecule has 2 atom stereocenters. The summed E-state index contributed by atoms with van der Waals surface area (Å²) in [5.74, 6) is 0. The lowest BCUT2D eigenvalue weighted by Crippen LogP contribution is -2.33. The van der Waals surface area contributed by atoms with Gasteiger partial charge in [-0.2, -0.15) is 0 Å². The number of hydrogen-bond donors (Lipinski definition) is 0. The van der Waals surface area contributed by atoms with Crippen molar-refractivity contribution in [1.29, 1.82) is 0 Å². The summed E-state index contributed by atoms with van der Waals surface area (Å²) in [5, 5.41) is 7.73. The smallest absolute Gasteiger partial charge is 0.0755 e. The highest BCUT2D eigenvalue weighted by Crippen LogP contribution is 2.66. The lowest BCUT2D eigenvalue weighted by Gasteiger charge is -2.40. The van der Waals surface area contributed by atoms with E-state index in [1.54, 1.807) is 0 Å². The van der Waals surface area contributed by atoms with Crippen LogP contribution in [0, 0.1) is 0 Å². The van der Waals surface area contributed by atoms with Gasteiger partial charge in [0.25, 0.3) is 0 Å². The van der Waals surface area contributed by atoms with Crippen LogP contribution in [0.4, 0.5) is 17.1 Å². The summed E-state index contributed by atoms with van der Waals surface area (Å²) in [6, 6.07) is 106. The van der Waals surface area contributed by atoms with E-state index in [0.717, 1.165) is 17.1 Å². The zero-order valence-corrected chi connectivity index (χ0v) is 44.7. The Morgan fingerprint density at radius 1 is 0.309 bits per heavy atom. The van der Waals surface area contributed by atoms with Gasteiger partial charge in [-0.15, -0.1) is 11.3 Å². The van der Waals surface area contributed by atoms with E-state index in [9.17, 15) is 0 Å². The summed E-state index contributed by atoms with van der Waals surface area (Å²) in [6.07, 6.45) is 0. The van der Waals surface area contributed by atoms with Crippen molar-refractivity contribution >= 4 is 81.1 Å². The average molecular weight is 1040 g/mol. The number of benzene rings is 13. The van der Waals surface area contributed by atoms with Crippen LogP contribution in [0.25, 0.3) is 103 Å². The molecule has 3 heterocycles. The van der Waals surface area contributed by atoms with E-state index in [2.05, 4.69) is 289 Å². The SMILES string of the molecule is c1ccc2c(c1)-c1ccc(N(c3ccc(-c4cccc5c4sc4ccccc45)cc3)c3ccc4c(c3)C3(c5ccccc5-4)c4ccccc4-n4c5ccccc5c5cccc3c54)cc1C21c2ccccc2-c2c1ccc1ccccc21. The van der Waals surface area contributed by atoms with Crippen LogP contribution >= 0.6 is 11.3 Å². The maximum absolute atomic E-state index is 2.55. The van der Waals surface area contributed by atoms with Gasteiger partial charge in [-0.25, -0.2) is 0 Å². The first-order valence-corrected chi connectivity index (χ1v) is 29.1. The van der Waals surface area contributed by atoms with Crippen LogP contribution in [0.5, 0.6) is 0 Å². The molecule has 2 unspecified atom stereocenters. The topological polar surface area (TPSA) is 8.17 Å². The number of aromatic nitrogens is 1. The van der Waals surface area contributed by atoms with Crippen LogP contribution in [0.3, 0.4) is 0 Å². The van der Waals surface area contributed by atoms with Gasteiger partial charge in [0.2, 0.25) is 0 Å². The summed E-state index contributed by atoms with van der Waals surface area (Å²) in [6.45, 7) is 0. The van der Waals surface area contributed by atoms with Gasteiger partial charge in [-0.1, -0.05) is 224 Å². The molecule has 4 aliphatic rings. The van der Waals surface area contributed by atoms with E-state index in [4.69, 9.17) is 0 Å². The van der Waals surface area contributed by atoms with Crippen LogP contribution in [0.15, 0.2) is 279 Å². The molecular weight excluding hydrogens is 997 g/mol. The number of para-hydroxylation sites is 3. The molecule has 15 aromatic rings. The number of hydrogen-bond acceptors (Lipinski definition) is 2. The van der Waals surface area contributed by atoms with Crippen LogP contribution in [-0.4, -0.2) is 4.57 Å². The van der Waals surface area contributed by atoms with Gasteiger partial charge >= 0.3 is 0 Å². The normalized spacial score (nSPS) is 16.5. The fourth-order valence-electron chi connectivity index (χ4n) is 15.9. The summed E-state index contributed by atoms with van der Waals surface area (Å²) in [4.78, 5) is 2.55. The zero-order chi connectivity index (χ0) is 52.7. The molecule has 0 fully saturated rings.